The fraction of sp³-hybridized carbons (Fsp3) is 0.476. The van der Waals surface area contributed by atoms with E-state index in [9.17, 15) is 9.59 Å². The highest BCUT2D eigenvalue weighted by Gasteiger charge is 2.30. The number of carbonyl (C=O) groups excluding carboxylic acids is 2. The molecule has 0 unspecified atom stereocenters. The van der Waals surface area contributed by atoms with E-state index in [-0.39, 0.29) is 31.0 Å². The van der Waals surface area contributed by atoms with Gasteiger partial charge in [-0.25, -0.2) is 4.98 Å². The Balaban J connectivity index is 1.57. The Kier molecular flexibility index (Phi) is 5.35. The van der Waals surface area contributed by atoms with Crippen molar-refractivity contribution in [2.75, 3.05) is 25.1 Å². The number of ether oxygens (including phenoxy) is 1. The molecule has 0 saturated heterocycles. The minimum Gasteiger partial charge on any atom is -0.482 e. The SMILES string of the molecule is Cc1nc(-c2ccc3c(c2)N(CC(=O)N(C)C2CCCCC2)C(=O)CO3)cs1. The average Bonchev–Trinajstić information content (AvgIpc) is 3.16. The van der Waals surface area contributed by atoms with Crippen LogP contribution in [-0.2, 0) is 9.59 Å². The Morgan fingerprint density at radius 3 is 2.82 bits per heavy atom. The van der Waals surface area contributed by atoms with Crippen molar-refractivity contribution in [2.24, 2.45) is 0 Å². The molecule has 1 aliphatic carbocycles. The lowest BCUT2D eigenvalue weighted by molar-refractivity contribution is -0.133. The van der Waals surface area contributed by atoms with E-state index in [2.05, 4.69) is 4.98 Å². The van der Waals surface area contributed by atoms with Crippen LogP contribution < -0.4 is 9.64 Å². The summed E-state index contributed by atoms with van der Waals surface area (Å²) < 4.78 is 5.59. The third-order valence-electron chi connectivity index (χ3n) is 5.63. The second-order valence-electron chi connectivity index (χ2n) is 7.50. The van der Waals surface area contributed by atoms with Crippen LogP contribution in [0.15, 0.2) is 23.6 Å². The number of nitrogens with zero attached hydrogens (tertiary/aromatic N) is 3. The Bertz CT molecular complexity index is 889. The van der Waals surface area contributed by atoms with Gasteiger partial charge in [0.25, 0.3) is 5.91 Å². The number of carbonyl (C=O) groups is 2. The standard InChI is InChI=1S/C21H25N3O3S/c1-14-22-17(13-28-14)15-8-9-19-18(10-15)24(21(26)12-27-19)11-20(25)23(2)16-6-4-3-5-7-16/h8-10,13,16H,3-7,11-12H2,1-2H3. The molecule has 1 aliphatic heterocycles. The number of benzene rings is 1. The molecule has 1 fully saturated rings. The van der Waals surface area contributed by atoms with Crippen LogP contribution in [0.1, 0.15) is 37.1 Å². The Morgan fingerprint density at radius 1 is 1.32 bits per heavy atom. The summed E-state index contributed by atoms with van der Waals surface area (Å²) in [4.78, 5) is 33.4. The number of thiazole rings is 1. The highest BCUT2D eigenvalue weighted by Crippen LogP contribution is 2.36. The van der Waals surface area contributed by atoms with Crippen molar-refractivity contribution in [1.29, 1.82) is 0 Å². The van der Waals surface area contributed by atoms with Gasteiger partial charge in [0.15, 0.2) is 6.61 Å². The number of anilines is 1. The lowest BCUT2D eigenvalue weighted by Crippen LogP contribution is -2.48. The number of amides is 2. The van der Waals surface area contributed by atoms with Crippen LogP contribution in [0.4, 0.5) is 5.69 Å². The molecule has 0 N–H and O–H groups in total. The zero-order valence-electron chi connectivity index (χ0n) is 16.3. The highest BCUT2D eigenvalue weighted by atomic mass is 32.1. The van der Waals surface area contributed by atoms with E-state index in [0.717, 1.165) is 41.9 Å². The Labute approximate surface area is 169 Å². The first-order valence-electron chi connectivity index (χ1n) is 9.78. The summed E-state index contributed by atoms with van der Waals surface area (Å²) >= 11 is 1.58. The topological polar surface area (TPSA) is 62.7 Å². The van der Waals surface area contributed by atoms with E-state index < -0.39 is 0 Å². The first-order chi connectivity index (χ1) is 13.5. The van der Waals surface area contributed by atoms with Crippen molar-refractivity contribution in [1.82, 2.24) is 9.88 Å². The number of hydrogen-bond donors (Lipinski definition) is 0. The van der Waals surface area contributed by atoms with Crippen molar-refractivity contribution in [2.45, 2.75) is 45.1 Å². The normalized spacial score (nSPS) is 17.2. The van der Waals surface area contributed by atoms with Crippen LogP contribution in [-0.4, -0.2) is 47.9 Å². The molecule has 1 aromatic heterocycles. The number of fused-ring (bicyclic) bond motifs is 1. The van der Waals surface area contributed by atoms with Crippen molar-refractivity contribution in [3.05, 3.63) is 28.6 Å². The molecule has 6 nitrogen and oxygen atoms in total. The number of aryl methyl sites for hydroxylation is 1. The van der Waals surface area contributed by atoms with Crippen molar-refractivity contribution >= 4 is 28.8 Å². The minimum atomic E-state index is -0.190. The third-order valence-corrected chi connectivity index (χ3v) is 6.40. The molecule has 2 amide bonds. The predicted octanol–water partition coefficient (Wildman–Crippen LogP) is 3.64. The van der Waals surface area contributed by atoms with Crippen molar-refractivity contribution < 1.29 is 14.3 Å². The van der Waals surface area contributed by atoms with Crippen LogP contribution in [0.2, 0.25) is 0 Å². The van der Waals surface area contributed by atoms with Gasteiger partial charge in [0.1, 0.15) is 12.3 Å². The quantitative estimate of drug-likeness (QED) is 0.788. The fourth-order valence-electron chi connectivity index (χ4n) is 3.95. The number of likely N-dealkylation sites (N-methyl/N-ethyl adjacent to an activating group) is 1. The van der Waals surface area contributed by atoms with E-state index in [0.29, 0.717) is 11.4 Å². The highest BCUT2D eigenvalue weighted by molar-refractivity contribution is 7.09. The van der Waals surface area contributed by atoms with Gasteiger partial charge in [-0.15, -0.1) is 11.3 Å². The van der Waals surface area contributed by atoms with E-state index in [1.54, 1.807) is 16.2 Å². The maximum absolute atomic E-state index is 12.9. The van der Waals surface area contributed by atoms with Crippen LogP contribution in [0, 0.1) is 6.92 Å². The van der Waals surface area contributed by atoms with Crippen LogP contribution >= 0.6 is 11.3 Å². The molecule has 1 aromatic carbocycles. The Hall–Kier alpha value is -2.41. The molecular weight excluding hydrogens is 374 g/mol. The molecule has 0 spiro atoms. The van der Waals surface area contributed by atoms with E-state index >= 15 is 0 Å². The molecular formula is C21H25N3O3S. The van der Waals surface area contributed by atoms with Gasteiger partial charge in [-0.05, 0) is 38.0 Å². The second kappa shape index (κ2) is 7.91. The molecule has 4 rings (SSSR count). The molecule has 2 heterocycles. The molecule has 0 radical (unpaired) electrons. The minimum absolute atomic E-state index is 0.0250. The molecule has 2 aliphatic rings. The maximum atomic E-state index is 12.9. The zero-order chi connectivity index (χ0) is 19.7. The van der Waals surface area contributed by atoms with Gasteiger partial charge in [0, 0.05) is 24.0 Å². The number of aromatic nitrogens is 1. The van der Waals surface area contributed by atoms with Gasteiger partial charge in [-0.2, -0.15) is 0 Å². The largest absolute Gasteiger partial charge is 0.482 e. The van der Waals surface area contributed by atoms with Crippen molar-refractivity contribution in [3.63, 3.8) is 0 Å². The molecule has 0 atom stereocenters. The molecule has 0 bridgehead atoms. The van der Waals surface area contributed by atoms with Gasteiger partial charge in [-0.3, -0.25) is 14.5 Å². The van der Waals surface area contributed by atoms with Crippen LogP contribution in [0.3, 0.4) is 0 Å². The van der Waals surface area contributed by atoms with E-state index in [4.69, 9.17) is 4.74 Å². The van der Waals surface area contributed by atoms with Crippen LogP contribution in [0.25, 0.3) is 11.3 Å². The van der Waals surface area contributed by atoms with Crippen LogP contribution in [0.5, 0.6) is 5.75 Å². The molecule has 28 heavy (non-hydrogen) atoms. The summed E-state index contributed by atoms with van der Waals surface area (Å²) in [5.74, 6) is 0.413. The van der Waals surface area contributed by atoms with Gasteiger partial charge >= 0.3 is 0 Å². The second-order valence-corrected chi connectivity index (χ2v) is 8.56. The average molecular weight is 400 g/mol. The first kappa shape index (κ1) is 18.9. The summed E-state index contributed by atoms with van der Waals surface area (Å²) in [6.07, 6.45) is 5.66. The lowest BCUT2D eigenvalue weighted by Gasteiger charge is -2.34. The van der Waals surface area contributed by atoms with E-state index in [1.165, 1.54) is 6.42 Å². The van der Waals surface area contributed by atoms with E-state index in [1.807, 2.05) is 42.5 Å². The lowest BCUT2D eigenvalue weighted by atomic mass is 9.94. The number of rotatable bonds is 4. The first-order valence-corrected chi connectivity index (χ1v) is 10.7. The zero-order valence-corrected chi connectivity index (χ0v) is 17.1. The van der Waals surface area contributed by atoms with Gasteiger partial charge in [0.05, 0.1) is 16.4 Å². The fourth-order valence-corrected chi connectivity index (χ4v) is 4.57. The molecule has 2 aromatic rings. The smallest absolute Gasteiger partial charge is 0.265 e. The summed E-state index contributed by atoms with van der Waals surface area (Å²) in [6.45, 7) is 1.97. The number of hydrogen-bond acceptors (Lipinski definition) is 5. The molecule has 148 valence electrons. The summed E-state index contributed by atoms with van der Waals surface area (Å²) in [6, 6.07) is 5.97. The summed E-state index contributed by atoms with van der Waals surface area (Å²) in [5, 5.41) is 2.98. The van der Waals surface area contributed by atoms with Gasteiger partial charge in [0.2, 0.25) is 5.91 Å². The summed E-state index contributed by atoms with van der Waals surface area (Å²) in [7, 11) is 1.86. The monoisotopic (exact) mass is 399 g/mol. The Morgan fingerprint density at radius 2 is 2.11 bits per heavy atom. The maximum Gasteiger partial charge on any atom is 0.265 e. The molecule has 1 saturated carbocycles. The third kappa shape index (κ3) is 3.76. The predicted molar refractivity (Wildman–Crippen MR) is 110 cm³/mol. The summed E-state index contributed by atoms with van der Waals surface area (Å²) in [5.41, 5.74) is 2.43. The van der Waals surface area contributed by atoms with Gasteiger partial charge < -0.3 is 9.64 Å². The van der Waals surface area contributed by atoms with Crippen molar-refractivity contribution in [3.8, 4) is 17.0 Å². The molecule has 7 heteroatoms. The van der Waals surface area contributed by atoms with Gasteiger partial charge in [-0.1, -0.05) is 19.3 Å².